The Morgan fingerprint density at radius 3 is 1.89 bits per heavy atom. The van der Waals surface area contributed by atoms with Crippen molar-refractivity contribution in [1.29, 1.82) is 0 Å². The predicted octanol–water partition coefficient (Wildman–Crippen LogP) is 3.78. The van der Waals surface area contributed by atoms with Gasteiger partial charge < -0.3 is 14.8 Å². The summed E-state index contributed by atoms with van der Waals surface area (Å²) in [6.45, 7) is 5.76. The van der Waals surface area contributed by atoms with Crippen molar-refractivity contribution in [3.63, 3.8) is 0 Å². The summed E-state index contributed by atoms with van der Waals surface area (Å²) < 4.78 is 9.92. The standard InChI is InChI=1S/C21H23NO5/c1-4-26-20(24)17-9-11-18(12-10-17)22-19(23)13-27-21(25)16-7-5-15(6-8-16)14(2)3/h5-12,14H,4,13H2,1-3H3,(H,22,23). The first-order chi connectivity index (χ1) is 12.9. The maximum atomic E-state index is 12.0. The zero-order valence-corrected chi connectivity index (χ0v) is 15.7. The molecular weight excluding hydrogens is 346 g/mol. The summed E-state index contributed by atoms with van der Waals surface area (Å²) in [5.41, 5.74) is 2.40. The third kappa shape index (κ3) is 5.95. The van der Waals surface area contributed by atoms with Crippen LogP contribution in [-0.2, 0) is 14.3 Å². The second-order valence-electron chi connectivity index (χ2n) is 6.20. The average Bonchev–Trinajstić information content (AvgIpc) is 2.67. The zero-order valence-electron chi connectivity index (χ0n) is 15.7. The maximum absolute atomic E-state index is 12.0. The topological polar surface area (TPSA) is 81.7 Å². The van der Waals surface area contributed by atoms with Gasteiger partial charge in [0, 0.05) is 5.69 Å². The lowest BCUT2D eigenvalue weighted by molar-refractivity contribution is -0.119. The van der Waals surface area contributed by atoms with Crippen LogP contribution in [0, 0.1) is 0 Å². The molecule has 2 aromatic carbocycles. The summed E-state index contributed by atoms with van der Waals surface area (Å²) in [4.78, 5) is 35.5. The summed E-state index contributed by atoms with van der Waals surface area (Å²) in [5.74, 6) is -1.08. The highest BCUT2D eigenvalue weighted by molar-refractivity contribution is 5.96. The molecule has 0 saturated heterocycles. The van der Waals surface area contributed by atoms with Crippen molar-refractivity contribution < 1.29 is 23.9 Å². The summed E-state index contributed by atoms with van der Waals surface area (Å²) in [6, 6.07) is 13.4. The Morgan fingerprint density at radius 2 is 1.37 bits per heavy atom. The lowest BCUT2D eigenvalue weighted by Crippen LogP contribution is -2.21. The first kappa shape index (κ1) is 20.2. The number of ether oxygens (including phenoxy) is 2. The second-order valence-corrected chi connectivity index (χ2v) is 6.20. The lowest BCUT2D eigenvalue weighted by atomic mass is 10.0. The SMILES string of the molecule is CCOC(=O)c1ccc(NC(=O)COC(=O)c2ccc(C(C)C)cc2)cc1. The molecule has 142 valence electrons. The van der Waals surface area contributed by atoms with Gasteiger partial charge >= 0.3 is 11.9 Å². The molecule has 0 aliphatic carbocycles. The van der Waals surface area contributed by atoms with E-state index in [0.29, 0.717) is 29.3 Å². The Balaban J connectivity index is 1.85. The van der Waals surface area contributed by atoms with E-state index in [1.54, 1.807) is 43.3 Å². The van der Waals surface area contributed by atoms with Crippen LogP contribution in [0.5, 0.6) is 0 Å². The Kier molecular flexibility index (Phi) is 7.11. The highest BCUT2D eigenvalue weighted by Crippen LogP contribution is 2.15. The normalized spacial score (nSPS) is 10.4. The van der Waals surface area contributed by atoms with E-state index in [4.69, 9.17) is 9.47 Å². The number of benzene rings is 2. The molecule has 0 spiro atoms. The number of hydrogen-bond donors (Lipinski definition) is 1. The summed E-state index contributed by atoms with van der Waals surface area (Å²) >= 11 is 0. The molecule has 0 aliphatic rings. The van der Waals surface area contributed by atoms with Crippen molar-refractivity contribution in [3.05, 3.63) is 65.2 Å². The lowest BCUT2D eigenvalue weighted by Gasteiger charge is -2.09. The van der Waals surface area contributed by atoms with Crippen LogP contribution in [0.25, 0.3) is 0 Å². The molecule has 6 nitrogen and oxygen atoms in total. The van der Waals surface area contributed by atoms with E-state index >= 15 is 0 Å². The Morgan fingerprint density at radius 1 is 0.852 bits per heavy atom. The predicted molar refractivity (Wildman–Crippen MR) is 102 cm³/mol. The van der Waals surface area contributed by atoms with Crippen LogP contribution < -0.4 is 5.32 Å². The number of rotatable bonds is 7. The van der Waals surface area contributed by atoms with Crippen molar-refractivity contribution in [3.8, 4) is 0 Å². The largest absolute Gasteiger partial charge is 0.462 e. The Bertz CT molecular complexity index is 794. The number of amides is 1. The van der Waals surface area contributed by atoms with E-state index < -0.39 is 24.5 Å². The molecule has 0 atom stereocenters. The van der Waals surface area contributed by atoms with Gasteiger partial charge in [-0.25, -0.2) is 9.59 Å². The maximum Gasteiger partial charge on any atom is 0.338 e. The number of hydrogen-bond acceptors (Lipinski definition) is 5. The molecule has 0 heterocycles. The summed E-state index contributed by atoms with van der Waals surface area (Å²) in [6.07, 6.45) is 0. The van der Waals surface area contributed by atoms with Gasteiger partial charge in [-0.15, -0.1) is 0 Å². The average molecular weight is 369 g/mol. The van der Waals surface area contributed by atoms with E-state index in [-0.39, 0.29) is 0 Å². The fraction of sp³-hybridized carbons (Fsp3) is 0.286. The molecule has 0 radical (unpaired) electrons. The van der Waals surface area contributed by atoms with Crippen molar-refractivity contribution in [2.45, 2.75) is 26.7 Å². The van der Waals surface area contributed by atoms with Gasteiger partial charge in [-0.2, -0.15) is 0 Å². The van der Waals surface area contributed by atoms with Crippen molar-refractivity contribution in [1.82, 2.24) is 0 Å². The van der Waals surface area contributed by atoms with Crippen LogP contribution in [0.2, 0.25) is 0 Å². The molecule has 0 bridgehead atoms. The smallest absolute Gasteiger partial charge is 0.338 e. The van der Waals surface area contributed by atoms with Gasteiger partial charge in [-0.05, 0) is 54.8 Å². The van der Waals surface area contributed by atoms with Crippen LogP contribution in [0.4, 0.5) is 5.69 Å². The van der Waals surface area contributed by atoms with E-state index in [9.17, 15) is 14.4 Å². The molecule has 2 aromatic rings. The van der Waals surface area contributed by atoms with Crippen molar-refractivity contribution in [2.75, 3.05) is 18.5 Å². The molecule has 0 aliphatic heterocycles. The number of esters is 2. The number of carbonyl (C=O) groups excluding carboxylic acids is 3. The molecule has 27 heavy (non-hydrogen) atoms. The van der Waals surface area contributed by atoms with E-state index in [1.807, 2.05) is 12.1 Å². The van der Waals surface area contributed by atoms with Crippen LogP contribution in [0.1, 0.15) is 53.0 Å². The molecule has 0 saturated carbocycles. The molecule has 1 N–H and O–H groups in total. The summed E-state index contributed by atoms with van der Waals surface area (Å²) in [5, 5.41) is 2.60. The van der Waals surface area contributed by atoms with Gasteiger partial charge in [0.15, 0.2) is 6.61 Å². The fourth-order valence-corrected chi connectivity index (χ4v) is 2.32. The molecular formula is C21H23NO5. The zero-order chi connectivity index (χ0) is 19.8. The van der Waals surface area contributed by atoms with Gasteiger partial charge in [0.05, 0.1) is 17.7 Å². The highest BCUT2D eigenvalue weighted by Gasteiger charge is 2.12. The van der Waals surface area contributed by atoms with Gasteiger partial charge in [0.2, 0.25) is 0 Å². The molecule has 0 unspecified atom stereocenters. The van der Waals surface area contributed by atoms with Crippen molar-refractivity contribution >= 4 is 23.5 Å². The van der Waals surface area contributed by atoms with Gasteiger partial charge in [0.1, 0.15) is 0 Å². The van der Waals surface area contributed by atoms with Crippen molar-refractivity contribution in [2.24, 2.45) is 0 Å². The third-order valence-electron chi connectivity index (χ3n) is 3.83. The van der Waals surface area contributed by atoms with Gasteiger partial charge in [-0.3, -0.25) is 4.79 Å². The molecule has 2 rings (SSSR count). The Labute approximate surface area is 158 Å². The third-order valence-corrected chi connectivity index (χ3v) is 3.83. The van der Waals surface area contributed by atoms with E-state index in [1.165, 1.54) is 0 Å². The van der Waals surface area contributed by atoms with Crippen LogP contribution in [-0.4, -0.2) is 31.1 Å². The number of anilines is 1. The van der Waals surface area contributed by atoms with Crippen LogP contribution >= 0.6 is 0 Å². The molecule has 6 heteroatoms. The second kappa shape index (κ2) is 9.52. The highest BCUT2D eigenvalue weighted by atomic mass is 16.5. The number of nitrogens with one attached hydrogen (secondary N) is 1. The molecule has 1 amide bonds. The van der Waals surface area contributed by atoms with E-state index in [0.717, 1.165) is 5.56 Å². The van der Waals surface area contributed by atoms with E-state index in [2.05, 4.69) is 19.2 Å². The minimum Gasteiger partial charge on any atom is -0.462 e. The minimum atomic E-state index is -0.557. The summed E-state index contributed by atoms with van der Waals surface area (Å²) in [7, 11) is 0. The fourth-order valence-electron chi connectivity index (χ4n) is 2.32. The first-order valence-corrected chi connectivity index (χ1v) is 8.74. The van der Waals surface area contributed by atoms with Gasteiger partial charge in [0.25, 0.3) is 5.91 Å². The van der Waals surface area contributed by atoms with Crippen LogP contribution in [0.15, 0.2) is 48.5 Å². The molecule has 0 fully saturated rings. The van der Waals surface area contributed by atoms with Gasteiger partial charge in [-0.1, -0.05) is 26.0 Å². The number of carbonyl (C=O) groups is 3. The Hall–Kier alpha value is -3.15. The quantitative estimate of drug-likeness (QED) is 0.751. The minimum absolute atomic E-state index is 0.295. The van der Waals surface area contributed by atoms with Crippen LogP contribution in [0.3, 0.4) is 0 Å². The molecule has 0 aromatic heterocycles. The monoisotopic (exact) mass is 369 g/mol. The first-order valence-electron chi connectivity index (χ1n) is 8.74.